The molecule has 70 valence electrons. The van der Waals surface area contributed by atoms with E-state index in [2.05, 4.69) is 22.1 Å². The Bertz CT molecular complexity index is 400. The molecule has 14 heavy (non-hydrogen) atoms. The third-order valence-electron chi connectivity index (χ3n) is 2.21. The van der Waals surface area contributed by atoms with Gasteiger partial charge < -0.3 is 0 Å². The van der Waals surface area contributed by atoms with E-state index >= 15 is 0 Å². The van der Waals surface area contributed by atoms with Gasteiger partial charge in [0, 0.05) is 12.4 Å². The van der Waals surface area contributed by atoms with Gasteiger partial charge in [-0.15, -0.1) is 0 Å². The predicted octanol–water partition coefficient (Wildman–Crippen LogP) is 2.73. The molecule has 0 spiro atoms. The molecule has 2 heteroatoms. The van der Waals surface area contributed by atoms with Crippen LogP contribution in [0, 0.1) is 0 Å². The van der Waals surface area contributed by atoms with Gasteiger partial charge in [0.05, 0.1) is 11.4 Å². The topological polar surface area (TPSA) is 25.2 Å². The van der Waals surface area contributed by atoms with Gasteiger partial charge in [-0.2, -0.15) is 0 Å². The Labute approximate surface area is 83.7 Å². The number of allylic oxidation sites excluding steroid dienone is 3. The fourth-order valence-corrected chi connectivity index (χ4v) is 1.47. The van der Waals surface area contributed by atoms with Crippen LogP contribution in [0.4, 0.5) is 0 Å². The first-order valence-corrected chi connectivity index (χ1v) is 4.71. The van der Waals surface area contributed by atoms with Gasteiger partial charge in [0.2, 0.25) is 0 Å². The first-order valence-electron chi connectivity index (χ1n) is 4.71. The van der Waals surface area contributed by atoms with E-state index in [1.165, 1.54) is 5.57 Å². The van der Waals surface area contributed by atoms with E-state index < -0.39 is 0 Å². The number of hydrogen-bond acceptors (Lipinski definition) is 2. The van der Waals surface area contributed by atoms with Crippen molar-refractivity contribution in [2.24, 2.45) is 4.99 Å². The summed E-state index contributed by atoms with van der Waals surface area (Å²) >= 11 is 0. The largest absolute Gasteiger partial charge is 0.255 e. The lowest BCUT2D eigenvalue weighted by atomic mass is 10.0. The molecule has 0 radical (unpaired) electrons. The number of nitrogens with zero attached hydrogens (tertiary/aromatic N) is 2. The van der Waals surface area contributed by atoms with Gasteiger partial charge in [0.15, 0.2) is 0 Å². The number of hydrogen-bond donors (Lipinski definition) is 0. The number of aliphatic imine (C=N–C) groups is 1. The molecule has 0 saturated carbocycles. The van der Waals surface area contributed by atoms with Gasteiger partial charge in [0.25, 0.3) is 0 Å². The third-order valence-corrected chi connectivity index (χ3v) is 2.21. The van der Waals surface area contributed by atoms with Crippen LogP contribution >= 0.6 is 0 Å². The molecule has 0 atom stereocenters. The summed E-state index contributed by atoms with van der Waals surface area (Å²) in [5, 5.41) is 0. The van der Waals surface area contributed by atoms with Crippen LogP contribution in [0.5, 0.6) is 0 Å². The number of aromatic nitrogens is 1. The van der Waals surface area contributed by atoms with Gasteiger partial charge >= 0.3 is 0 Å². The van der Waals surface area contributed by atoms with E-state index in [0.717, 1.165) is 17.8 Å². The normalized spacial score (nSPS) is 18.4. The molecule has 0 aliphatic carbocycles. The molecular formula is C12H12N2. The molecular weight excluding hydrogens is 172 g/mol. The summed E-state index contributed by atoms with van der Waals surface area (Å²) in [5.41, 5.74) is 3.19. The van der Waals surface area contributed by atoms with E-state index in [-0.39, 0.29) is 0 Å². The quantitative estimate of drug-likeness (QED) is 0.658. The third kappa shape index (κ3) is 1.64. The van der Waals surface area contributed by atoms with E-state index in [1.807, 2.05) is 31.3 Å². The lowest BCUT2D eigenvalue weighted by molar-refractivity contribution is 1.20. The summed E-state index contributed by atoms with van der Waals surface area (Å²) in [5.74, 6) is 0. The highest BCUT2D eigenvalue weighted by Gasteiger charge is 2.10. The van der Waals surface area contributed by atoms with Crippen molar-refractivity contribution in [1.29, 1.82) is 0 Å². The smallest absolute Gasteiger partial charge is 0.0917 e. The van der Waals surface area contributed by atoms with E-state index in [1.54, 1.807) is 6.20 Å². The second kappa shape index (κ2) is 4.01. The first kappa shape index (κ1) is 8.88. The maximum Gasteiger partial charge on any atom is 0.0917 e. The molecule has 0 saturated heterocycles. The van der Waals surface area contributed by atoms with Crippen molar-refractivity contribution in [2.75, 3.05) is 0 Å². The van der Waals surface area contributed by atoms with Crippen molar-refractivity contribution in [2.45, 2.75) is 13.3 Å². The molecule has 0 bridgehead atoms. The first-order chi connectivity index (χ1) is 6.92. The Morgan fingerprint density at radius 2 is 2.29 bits per heavy atom. The van der Waals surface area contributed by atoms with E-state index in [9.17, 15) is 0 Å². The molecule has 0 unspecified atom stereocenters. The van der Waals surface area contributed by atoms with Gasteiger partial charge in [-0.05, 0) is 31.1 Å². The number of pyridine rings is 1. The zero-order chi connectivity index (χ0) is 9.80. The van der Waals surface area contributed by atoms with E-state index in [0.29, 0.717) is 0 Å². The Hall–Kier alpha value is -1.70. The van der Waals surface area contributed by atoms with Crippen molar-refractivity contribution < 1.29 is 0 Å². The van der Waals surface area contributed by atoms with Gasteiger partial charge in [0.1, 0.15) is 0 Å². The fourth-order valence-electron chi connectivity index (χ4n) is 1.47. The highest BCUT2D eigenvalue weighted by atomic mass is 14.8. The Morgan fingerprint density at radius 3 is 3.00 bits per heavy atom. The molecule has 2 rings (SSSR count). The molecule has 1 aromatic heterocycles. The van der Waals surface area contributed by atoms with Crippen molar-refractivity contribution in [3.63, 3.8) is 0 Å². The average Bonchev–Trinajstić information content (AvgIpc) is 2.30. The second-order valence-corrected chi connectivity index (χ2v) is 3.10. The van der Waals surface area contributed by atoms with Crippen LogP contribution in [0.15, 0.2) is 53.3 Å². The van der Waals surface area contributed by atoms with Crippen LogP contribution in [-0.4, -0.2) is 10.7 Å². The molecule has 0 N–H and O–H groups in total. The second-order valence-electron chi connectivity index (χ2n) is 3.10. The van der Waals surface area contributed by atoms with E-state index in [4.69, 9.17) is 0 Å². The van der Waals surface area contributed by atoms with Crippen LogP contribution < -0.4 is 0 Å². The zero-order valence-electron chi connectivity index (χ0n) is 8.14. The zero-order valence-corrected chi connectivity index (χ0v) is 8.14. The summed E-state index contributed by atoms with van der Waals surface area (Å²) in [6.07, 6.45) is 8.74. The monoisotopic (exact) mass is 184 g/mol. The molecule has 2 nitrogen and oxygen atoms in total. The predicted molar refractivity (Wildman–Crippen MR) is 58.3 cm³/mol. The van der Waals surface area contributed by atoms with Gasteiger partial charge in [-0.25, -0.2) is 0 Å². The minimum Gasteiger partial charge on any atom is -0.255 e. The summed E-state index contributed by atoms with van der Waals surface area (Å²) < 4.78 is 0. The minimum absolute atomic E-state index is 0.949. The lowest BCUT2D eigenvalue weighted by Gasteiger charge is -2.10. The molecule has 1 aromatic rings. The van der Waals surface area contributed by atoms with Crippen LogP contribution in [0.25, 0.3) is 0 Å². The van der Waals surface area contributed by atoms with Crippen molar-refractivity contribution in [3.05, 3.63) is 54.0 Å². The summed E-state index contributed by atoms with van der Waals surface area (Å²) in [6.45, 7) is 2.03. The minimum atomic E-state index is 0.949. The summed E-state index contributed by atoms with van der Waals surface area (Å²) in [6, 6.07) is 5.88. The Morgan fingerprint density at radius 1 is 1.36 bits per heavy atom. The van der Waals surface area contributed by atoms with Crippen LogP contribution in [0.3, 0.4) is 0 Å². The maximum atomic E-state index is 4.36. The Kier molecular flexibility index (Phi) is 2.54. The van der Waals surface area contributed by atoms with Gasteiger partial charge in [-0.3, -0.25) is 9.98 Å². The van der Waals surface area contributed by atoms with Gasteiger partial charge in [-0.1, -0.05) is 18.2 Å². The molecule has 0 aromatic carbocycles. The molecule has 1 aliphatic rings. The highest BCUT2D eigenvalue weighted by molar-refractivity contribution is 6.12. The number of rotatable bonds is 1. The molecule has 1 aliphatic heterocycles. The fraction of sp³-hybridized carbons (Fsp3) is 0.167. The molecule has 0 amide bonds. The highest BCUT2D eigenvalue weighted by Crippen LogP contribution is 2.15. The molecule has 2 heterocycles. The summed E-state index contributed by atoms with van der Waals surface area (Å²) in [7, 11) is 0. The Balaban J connectivity index is 2.43. The molecule has 0 fully saturated rings. The average molecular weight is 184 g/mol. The van der Waals surface area contributed by atoms with Crippen LogP contribution in [-0.2, 0) is 0 Å². The lowest BCUT2D eigenvalue weighted by Crippen LogP contribution is -2.08. The van der Waals surface area contributed by atoms with Crippen molar-refractivity contribution in [1.82, 2.24) is 4.98 Å². The maximum absolute atomic E-state index is 4.36. The standard InChI is InChI=1S/C12H12N2/c1-2-10-6-5-9-14-12(10)11-7-3-4-8-13-11/h2-5,7-9H,6H2,1H3. The van der Waals surface area contributed by atoms with Crippen molar-refractivity contribution in [3.8, 4) is 0 Å². The SMILES string of the molecule is CC=C1CC=CN=C1c1ccccn1. The van der Waals surface area contributed by atoms with Crippen molar-refractivity contribution >= 4 is 5.71 Å². The van der Waals surface area contributed by atoms with Crippen LogP contribution in [0.2, 0.25) is 0 Å². The van der Waals surface area contributed by atoms with Crippen LogP contribution in [0.1, 0.15) is 19.0 Å². The summed E-state index contributed by atoms with van der Waals surface area (Å²) in [4.78, 5) is 8.65.